The van der Waals surface area contributed by atoms with Gasteiger partial charge in [0, 0.05) is 0 Å². The molecule has 0 atom stereocenters. The van der Waals surface area contributed by atoms with Crippen molar-refractivity contribution in [3.05, 3.63) is 26.6 Å². The van der Waals surface area contributed by atoms with E-state index in [0.717, 1.165) is 12.8 Å². The van der Waals surface area contributed by atoms with Crippen LogP contribution in [-0.4, -0.2) is 22.5 Å². The fourth-order valence-corrected chi connectivity index (χ4v) is 2.94. The number of unbranched alkanes of at least 4 members (excludes halogenated alkanes) is 1. The largest absolute Gasteiger partial charge is 0.462 e. The fourth-order valence-electron chi connectivity index (χ4n) is 1.82. The summed E-state index contributed by atoms with van der Waals surface area (Å²) in [5.74, 6) is 0.177. The summed E-state index contributed by atoms with van der Waals surface area (Å²) in [6.07, 6.45) is 1.81. The molecule has 0 aliphatic heterocycles. The minimum absolute atomic E-state index is 0.205. The summed E-state index contributed by atoms with van der Waals surface area (Å²) in [7, 11) is 0. The molecule has 0 aliphatic carbocycles. The van der Waals surface area contributed by atoms with Gasteiger partial charge in [0.25, 0.3) is 5.56 Å². The summed E-state index contributed by atoms with van der Waals surface area (Å²) in [6.45, 7) is 5.91. The van der Waals surface area contributed by atoms with E-state index in [1.165, 1.54) is 11.3 Å². The normalized spacial score (nSPS) is 10.9. The van der Waals surface area contributed by atoms with Crippen LogP contribution in [0.25, 0.3) is 10.2 Å². The SMILES string of the molecule is CCCCOC(=O)c1sc2nc(C)[nH]c(=O)c2c1C. The molecular formula is C13H16N2O3S. The third kappa shape index (κ3) is 2.68. The molecule has 0 spiro atoms. The fraction of sp³-hybridized carbons (Fsp3) is 0.462. The standard InChI is InChI=1S/C13H16N2O3S/c1-4-5-6-18-13(17)10-7(2)9-11(16)14-8(3)15-12(9)19-10/h4-6H2,1-3H3,(H,14,15,16). The summed E-state index contributed by atoms with van der Waals surface area (Å²) in [5.41, 5.74) is 0.444. The first-order valence-electron chi connectivity index (χ1n) is 6.21. The lowest BCUT2D eigenvalue weighted by Gasteiger charge is -2.02. The number of aromatic amines is 1. The van der Waals surface area contributed by atoms with Gasteiger partial charge >= 0.3 is 5.97 Å². The van der Waals surface area contributed by atoms with Crippen LogP contribution in [0.3, 0.4) is 0 Å². The van der Waals surface area contributed by atoms with E-state index < -0.39 is 0 Å². The van der Waals surface area contributed by atoms with Crippen molar-refractivity contribution in [2.24, 2.45) is 0 Å². The number of thiophene rings is 1. The molecule has 6 heteroatoms. The highest BCUT2D eigenvalue weighted by atomic mass is 32.1. The Morgan fingerprint density at radius 1 is 1.42 bits per heavy atom. The molecule has 5 nitrogen and oxygen atoms in total. The zero-order valence-electron chi connectivity index (χ0n) is 11.2. The number of aromatic nitrogens is 2. The number of nitrogens with zero attached hydrogens (tertiary/aromatic N) is 1. The van der Waals surface area contributed by atoms with Crippen molar-refractivity contribution in [1.82, 2.24) is 9.97 Å². The number of carbonyl (C=O) groups is 1. The first kappa shape index (κ1) is 13.7. The first-order valence-corrected chi connectivity index (χ1v) is 7.03. The van der Waals surface area contributed by atoms with Gasteiger partial charge in [0.2, 0.25) is 0 Å². The van der Waals surface area contributed by atoms with Gasteiger partial charge in [-0.1, -0.05) is 13.3 Å². The Bertz CT molecular complexity index is 672. The maximum Gasteiger partial charge on any atom is 0.348 e. The molecule has 0 unspecified atom stereocenters. The minimum atomic E-state index is -0.369. The second-order valence-electron chi connectivity index (χ2n) is 4.38. The molecular weight excluding hydrogens is 264 g/mol. The van der Waals surface area contributed by atoms with Gasteiger partial charge in [-0.05, 0) is 25.8 Å². The summed E-state index contributed by atoms with van der Waals surface area (Å²) < 4.78 is 5.18. The monoisotopic (exact) mass is 280 g/mol. The van der Waals surface area contributed by atoms with Crippen LogP contribution >= 0.6 is 11.3 Å². The van der Waals surface area contributed by atoms with Gasteiger partial charge < -0.3 is 9.72 Å². The van der Waals surface area contributed by atoms with Gasteiger partial charge in [-0.2, -0.15) is 0 Å². The van der Waals surface area contributed by atoms with E-state index in [1.54, 1.807) is 13.8 Å². The van der Waals surface area contributed by atoms with Crippen molar-refractivity contribution < 1.29 is 9.53 Å². The van der Waals surface area contributed by atoms with Crippen molar-refractivity contribution in [2.45, 2.75) is 33.6 Å². The van der Waals surface area contributed by atoms with Crippen molar-refractivity contribution in [1.29, 1.82) is 0 Å². The molecule has 0 radical (unpaired) electrons. The van der Waals surface area contributed by atoms with Crippen molar-refractivity contribution in [3.8, 4) is 0 Å². The molecule has 0 saturated heterocycles. The molecule has 19 heavy (non-hydrogen) atoms. The molecule has 2 aromatic heterocycles. The molecule has 0 fully saturated rings. The van der Waals surface area contributed by atoms with Crippen LogP contribution in [0.5, 0.6) is 0 Å². The van der Waals surface area contributed by atoms with Gasteiger partial charge in [0.05, 0.1) is 12.0 Å². The maximum atomic E-state index is 12.0. The molecule has 2 heterocycles. The Balaban J connectivity index is 2.40. The van der Waals surface area contributed by atoms with Gasteiger partial charge in [0.15, 0.2) is 0 Å². The van der Waals surface area contributed by atoms with E-state index in [2.05, 4.69) is 9.97 Å². The van der Waals surface area contributed by atoms with E-state index in [0.29, 0.717) is 33.1 Å². The number of fused-ring (bicyclic) bond motifs is 1. The number of nitrogens with one attached hydrogen (secondary N) is 1. The van der Waals surface area contributed by atoms with E-state index in [1.807, 2.05) is 6.92 Å². The number of hydrogen-bond acceptors (Lipinski definition) is 5. The van der Waals surface area contributed by atoms with Crippen molar-refractivity contribution in [3.63, 3.8) is 0 Å². The zero-order valence-corrected chi connectivity index (χ0v) is 12.0. The van der Waals surface area contributed by atoms with Gasteiger partial charge in [-0.25, -0.2) is 9.78 Å². The predicted molar refractivity (Wildman–Crippen MR) is 74.9 cm³/mol. The first-order chi connectivity index (χ1) is 9.04. The molecule has 1 N–H and O–H groups in total. The second kappa shape index (κ2) is 5.52. The summed E-state index contributed by atoms with van der Waals surface area (Å²) >= 11 is 1.21. The topological polar surface area (TPSA) is 72.0 Å². The number of H-pyrrole nitrogens is 1. The highest BCUT2D eigenvalue weighted by Crippen LogP contribution is 2.27. The van der Waals surface area contributed by atoms with Crippen LogP contribution in [0.1, 0.15) is 40.8 Å². The number of rotatable bonds is 4. The minimum Gasteiger partial charge on any atom is -0.462 e. The molecule has 102 valence electrons. The van der Waals surface area contributed by atoms with Crippen molar-refractivity contribution >= 4 is 27.5 Å². The van der Waals surface area contributed by atoms with Crippen molar-refractivity contribution in [2.75, 3.05) is 6.61 Å². The third-order valence-corrected chi connectivity index (χ3v) is 4.00. The molecule has 0 bridgehead atoms. The Hall–Kier alpha value is -1.69. The van der Waals surface area contributed by atoms with Crippen LogP contribution in [0.4, 0.5) is 0 Å². The number of esters is 1. The smallest absolute Gasteiger partial charge is 0.348 e. The Kier molecular flexibility index (Phi) is 3.99. The predicted octanol–water partition coefficient (Wildman–Crippen LogP) is 2.56. The lowest BCUT2D eigenvalue weighted by Crippen LogP contribution is -2.10. The van der Waals surface area contributed by atoms with Crippen LogP contribution in [0.15, 0.2) is 4.79 Å². The van der Waals surface area contributed by atoms with Gasteiger partial charge in [-0.3, -0.25) is 4.79 Å². The summed E-state index contributed by atoms with van der Waals surface area (Å²) in [6, 6.07) is 0. The number of ether oxygens (including phenoxy) is 1. The zero-order chi connectivity index (χ0) is 14.0. The van der Waals surface area contributed by atoms with Crippen LogP contribution in [0, 0.1) is 13.8 Å². The van der Waals surface area contributed by atoms with E-state index in [-0.39, 0.29) is 11.5 Å². The Morgan fingerprint density at radius 3 is 2.84 bits per heavy atom. The molecule has 2 rings (SSSR count). The van der Waals surface area contributed by atoms with E-state index in [4.69, 9.17) is 4.74 Å². The number of carbonyl (C=O) groups excluding carboxylic acids is 1. The Morgan fingerprint density at radius 2 is 2.16 bits per heavy atom. The highest BCUT2D eigenvalue weighted by molar-refractivity contribution is 7.20. The average Bonchev–Trinajstić information content (AvgIpc) is 2.66. The maximum absolute atomic E-state index is 12.0. The molecule has 0 saturated carbocycles. The van der Waals surface area contributed by atoms with E-state index >= 15 is 0 Å². The van der Waals surface area contributed by atoms with E-state index in [9.17, 15) is 9.59 Å². The Labute approximate surface area is 114 Å². The lowest BCUT2D eigenvalue weighted by atomic mass is 10.2. The van der Waals surface area contributed by atoms with Crippen LogP contribution in [-0.2, 0) is 4.74 Å². The third-order valence-electron chi connectivity index (χ3n) is 2.84. The highest BCUT2D eigenvalue weighted by Gasteiger charge is 2.19. The quantitative estimate of drug-likeness (QED) is 0.690. The van der Waals surface area contributed by atoms with Crippen LogP contribution < -0.4 is 5.56 Å². The van der Waals surface area contributed by atoms with Crippen LogP contribution in [0.2, 0.25) is 0 Å². The molecule has 0 aliphatic rings. The molecule has 0 amide bonds. The second-order valence-corrected chi connectivity index (χ2v) is 5.38. The number of aryl methyl sites for hydroxylation is 2. The molecule has 0 aromatic carbocycles. The summed E-state index contributed by atoms with van der Waals surface area (Å²) in [4.78, 5) is 31.8. The number of hydrogen-bond donors (Lipinski definition) is 1. The molecule has 2 aromatic rings. The average molecular weight is 280 g/mol. The summed E-state index contributed by atoms with van der Waals surface area (Å²) in [5, 5.41) is 0.484. The van der Waals surface area contributed by atoms with Gasteiger partial charge in [0.1, 0.15) is 15.5 Å². The lowest BCUT2D eigenvalue weighted by molar-refractivity contribution is 0.0505. The van der Waals surface area contributed by atoms with Gasteiger partial charge in [-0.15, -0.1) is 11.3 Å².